The predicted molar refractivity (Wildman–Crippen MR) is 95.7 cm³/mol. The third kappa shape index (κ3) is 3.22. The highest BCUT2D eigenvalue weighted by molar-refractivity contribution is 5.80. The van der Waals surface area contributed by atoms with E-state index in [4.69, 9.17) is 9.47 Å². The SMILES string of the molecule is CCOc1ccc(-c2c(C)ncnc2N2CC[C@H](OC)C2)c(C)c1. The Morgan fingerprint density at radius 3 is 2.75 bits per heavy atom. The maximum Gasteiger partial charge on any atom is 0.140 e. The highest BCUT2D eigenvalue weighted by Gasteiger charge is 2.26. The quantitative estimate of drug-likeness (QED) is 0.842. The van der Waals surface area contributed by atoms with Crippen molar-refractivity contribution >= 4 is 5.82 Å². The van der Waals surface area contributed by atoms with Gasteiger partial charge in [-0.25, -0.2) is 9.97 Å². The molecular weight excluding hydrogens is 302 g/mol. The summed E-state index contributed by atoms with van der Waals surface area (Å²) in [6, 6.07) is 6.21. The number of anilines is 1. The summed E-state index contributed by atoms with van der Waals surface area (Å²) in [5.74, 6) is 1.89. The van der Waals surface area contributed by atoms with Crippen LogP contribution in [-0.4, -0.2) is 42.9 Å². The Kier molecular flexibility index (Phi) is 5.00. The van der Waals surface area contributed by atoms with Crippen LogP contribution < -0.4 is 9.64 Å². The number of methoxy groups -OCH3 is 1. The minimum Gasteiger partial charge on any atom is -0.494 e. The molecule has 0 amide bonds. The Hall–Kier alpha value is -2.14. The van der Waals surface area contributed by atoms with E-state index in [0.29, 0.717) is 6.61 Å². The second-order valence-corrected chi connectivity index (χ2v) is 6.16. The molecule has 0 spiro atoms. The van der Waals surface area contributed by atoms with Gasteiger partial charge in [-0.05, 0) is 50.5 Å². The van der Waals surface area contributed by atoms with Gasteiger partial charge in [0.05, 0.1) is 18.4 Å². The molecule has 0 saturated carbocycles. The van der Waals surface area contributed by atoms with Gasteiger partial charge in [-0.3, -0.25) is 0 Å². The van der Waals surface area contributed by atoms with Crippen molar-refractivity contribution in [3.63, 3.8) is 0 Å². The van der Waals surface area contributed by atoms with Crippen molar-refractivity contribution in [2.45, 2.75) is 33.3 Å². The Bertz CT molecular complexity index is 718. The van der Waals surface area contributed by atoms with Crippen LogP contribution in [0.4, 0.5) is 5.82 Å². The Morgan fingerprint density at radius 1 is 1.25 bits per heavy atom. The highest BCUT2D eigenvalue weighted by atomic mass is 16.5. The third-order valence-corrected chi connectivity index (χ3v) is 4.57. The van der Waals surface area contributed by atoms with Crippen molar-refractivity contribution in [1.29, 1.82) is 0 Å². The van der Waals surface area contributed by atoms with Crippen LogP contribution in [0.1, 0.15) is 24.6 Å². The molecule has 5 heteroatoms. The fourth-order valence-electron chi connectivity index (χ4n) is 3.30. The summed E-state index contributed by atoms with van der Waals surface area (Å²) in [4.78, 5) is 11.3. The van der Waals surface area contributed by atoms with Gasteiger partial charge in [0.15, 0.2) is 0 Å². The fraction of sp³-hybridized carbons (Fsp3) is 0.474. The number of hydrogen-bond donors (Lipinski definition) is 0. The van der Waals surface area contributed by atoms with Crippen molar-refractivity contribution in [2.75, 3.05) is 31.7 Å². The number of aromatic nitrogens is 2. The summed E-state index contributed by atoms with van der Waals surface area (Å²) in [7, 11) is 1.77. The molecule has 3 rings (SSSR count). The number of nitrogens with zero attached hydrogens (tertiary/aromatic N) is 3. The van der Waals surface area contributed by atoms with E-state index in [0.717, 1.165) is 47.9 Å². The second-order valence-electron chi connectivity index (χ2n) is 6.16. The number of rotatable bonds is 5. The normalized spacial score (nSPS) is 17.3. The highest BCUT2D eigenvalue weighted by Crippen LogP contribution is 2.36. The lowest BCUT2D eigenvalue weighted by atomic mass is 9.99. The molecule has 24 heavy (non-hydrogen) atoms. The van der Waals surface area contributed by atoms with E-state index in [2.05, 4.69) is 33.9 Å². The average Bonchev–Trinajstić information content (AvgIpc) is 3.05. The van der Waals surface area contributed by atoms with Gasteiger partial charge in [-0.15, -0.1) is 0 Å². The van der Waals surface area contributed by atoms with Crippen LogP contribution in [0.5, 0.6) is 5.75 Å². The van der Waals surface area contributed by atoms with Crippen LogP contribution in [0.15, 0.2) is 24.5 Å². The predicted octanol–water partition coefficient (Wildman–Crippen LogP) is 3.38. The first-order valence-corrected chi connectivity index (χ1v) is 8.47. The minimum absolute atomic E-state index is 0.273. The maximum atomic E-state index is 5.61. The zero-order chi connectivity index (χ0) is 17.1. The molecular formula is C19H25N3O2. The molecule has 0 aliphatic carbocycles. The van der Waals surface area contributed by atoms with Gasteiger partial charge < -0.3 is 14.4 Å². The van der Waals surface area contributed by atoms with Gasteiger partial charge >= 0.3 is 0 Å². The molecule has 1 aliphatic rings. The van der Waals surface area contributed by atoms with Gasteiger partial charge in [0.25, 0.3) is 0 Å². The molecule has 1 saturated heterocycles. The van der Waals surface area contributed by atoms with Crippen molar-refractivity contribution in [3.05, 3.63) is 35.8 Å². The maximum absolute atomic E-state index is 5.61. The van der Waals surface area contributed by atoms with Gasteiger partial charge in [0.1, 0.15) is 17.9 Å². The van der Waals surface area contributed by atoms with E-state index in [-0.39, 0.29) is 6.10 Å². The third-order valence-electron chi connectivity index (χ3n) is 4.57. The molecule has 2 heterocycles. The first-order valence-electron chi connectivity index (χ1n) is 8.47. The molecule has 0 N–H and O–H groups in total. The van der Waals surface area contributed by atoms with Crippen LogP contribution in [0.3, 0.4) is 0 Å². The van der Waals surface area contributed by atoms with E-state index in [1.165, 1.54) is 5.56 Å². The van der Waals surface area contributed by atoms with Gasteiger partial charge in [-0.2, -0.15) is 0 Å². The average molecular weight is 327 g/mol. The second kappa shape index (κ2) is 7.18. The van der Waals surface area contributed by atoms with Crippen LogP contribution in [0.2, 0.25) is 0 Å². The van der Waals surface area contributed by atoms with E-state index in [9.17, 15) is 0 Å². The van der Waals surface area contributed by atoms with E-state index >= 15 is 0 Å². The molecule has 128 valence electrons. The molecule has 5 nitrogen and oxygen atoms in total. The number of aryl methyl sites for hydroxylation is 2. The summed E-state index contributed by atoms with van der Waals surface area (Å²) in [5.41, 5.74) is 4.43. The lowest BCUT2D eigenvalue weighted by molar-refractivity contribution is 0.121. The zero-order valence-electron chi connectivity index (χ0n) is 14.9. The topological polar surface area (TPSA) is 47.5 Å². The van der Waals surface area contributed by atoms with Crippen LogP contribution in [0, 0.1) is 13.8 Å². The molecule has 0 unspecified atom stereocenters. The Labute approximate surface area is 143 Å². The van der Waals surface area contributed by atoms with Crippen molar-refractivity contribution in [1.82, 2.24) is 9.97 Å². The lowest BCUT2D eigenvalue weighted by Crippen LogP contribution is -2.24. The molecule has 1 atom stereocenters. The molecule has 1 aromatic heterocycles. The first kappa shape index (κ1) is 16.7. The number of ether oxygens (including phenoxy) is 2. The standard InChI is InChI=1S/C19H25N3O2/c1-5-24-15-6-7-17(13(2)10-15)18-14(3)20-12-21-19(18)22-9-8-16(11-22)23-4/h6-7,10,12,16H,5,8-9,11H2,1-4H3/t16-/m0/s1. The van der Waals surface area contributed by atoms with Crippen LogP contribution in [-0.2, 0) is 4.74 Å². The van der Waals surface area contributed by atoms with Gasteiger partial charge in [-0.1, -0.05) is 6.07 Å². The summed E-state index contributed by atoms with van der Waals surface area (Å²) < 4.78 is 11.1. The van der Waals surface area contributed by atoms with E-state index < -0.39 is 0 Å². The Balaban J connectivity index is 2.02. The summed E-state index contributed by atoms with van der Waals surface area (Å²) in [6.45, 7) is 8.64. The summed E-state index contributed by atoms with van der Waals surface area (Å²) >= 11 is 0. The van der Waals surface area contributed by atoms with E-state index in [1.54, 1.807) is 13.4 Å². The van der Waals surface area contributed by atoms with Crippen LogP contribution >= 0.6 is 0 Å². The Morgan fingerprint density at radius 2 is 2.08 bits per heavy atom. The molecule has 1 aromatic carbocycles. The van der Waals surface area contributed by atoms with Crippen molar-refractivity contribution in [3.8, 4) is 16.9 Å². The van der Waals surface area contributed by atoms with Gasteiger partial charge in [0, 0.05) is 25.8 Å². The number of benzene rings is 1. The fourth-order valence-corrected chi connectivity index (χ4v) is 3.30. The lowest BCUT2D eigenvalue weighted by Gasteiger charge is -2.22. The molecule has 1 fully saturated rings. The largest absolute Gasteiger partial charge is 0.494 e. The van der Waals surface area contributed by atoms with Gasteiger partial charge in [0.2, 0.25) is 0 Å². The van der Waals surface area contributed by atoms with Crippen molar-refractivity contribution < 1.29 is 9.47 Å². The zero-order valence-corrected chi connectivity index (χ0v) is 14.9. The molecule has 0 bridgehead atoms. The van der Waals surface area contributed by atoms with E-state index in [1.807, 2.05) is 19.9 Å². The number of hydrogen-bond acceptors (Lipinski definition) is 5. The monoisotopic (exact) mass is 327 g/mol. The molecule has 2 aromatic rings. The summed E-state index contributed by atoms with van der Waals surface area (Å²) in [6.07, 6.45) is 2.95. The summed E-state index contributed by atoms with van der Waals surface area (Å²) in [5, 5.41) is 0. The first-order chi connectivity index (χ1) is 11.6. The minimum atomic E-state index is 0.273. The smallest absolute Gasteiger partial charge is 0.140 e. The molecule has 0 radical (unpaired) electrons. The van der Waals surface area contributed by atoms with Crippen molar-refractivity contribution in [2.24, 2.45) is 0 Å². The molecule has 1 aliphatic heterocycles. The van der Waals surface area contributed by atoms with Crippen LogP contribution in [0.25, 0.3) is 11.1 Å².